The Bertz CT molecular complexity index is 147. The lowest BCUT2D eigenvalue weighted by Gasteiger charge is -2.17. The lowest BCUT2D eigenvalue weighted by molar-refractivity contribution is -0.128. The van der Waals surface area contributed by atoms with Crippen molar-refractivity contribution in [3.05, 3.63) is 0 Å². The number of amides is 1. The molecule has 3 heteroatoms. The summed E-state index contributed by atoms with van der Waals surface area (Å²) in [6, 6.07) is 0. The summed E-state index contributed by atoms with van der Waals surface area (Å²) in [5, 5.41) is 11.0. The Kier molecular flexibility index (Phi) is 2.88. The topological polar surface area (TPSA) is 40.2 Å². The summed E-state index contributed by atoms with van der Waals surface area (Å²) < 4.78 is 0. The minimum absolute atomic E-state index is 0.0964. The van der Waals surface area contributed by atoms with Crippen molar-refractivity contribution >= 4 is 5.91 Å². The molecule has 1 radical (unpaired) electrons. The fraction of sp³-hybridized carbons (Fsp3) is 0.875. The van der Waals surface area contributed by atoms with Gasteiger partial charge in [0.1, 0.15) is 0 Å². The van der Waals surface area contributed by atoms with E-state index in [2.05, 4.69) is 0 Å². The molecule has 1 aliphatic heterocycles. The van der Waals surface area contributed by atoms with E-state index >= 15 is 0 Å². The molecule has 1 fully saturated rings. The zero-order chi connectivity index (χ0) is 8.27. The van der Waals surface area contributed by atoms with Crippen molar-refractivity contribution in [2.45, 2.75) is 32.3 Å². The van der Waals surface area contributed by atoms with Gasteiger partial charge in [0.2, 0.25) is 5.91 Å². The highest BCUT2D eigenvalue weighted by molar-refractivity contribution is 5.73. The van der Waals surface area contributed by atoms with Crippen LogP contribution in [0.4, 0.5) is 0 Å². The SMILES string of the molecule is CC(=O)N1CCCC([O])CC1. The quantitative estimate of drug-likeness (QED) is 0.511. The number of likely N-dealkylation sites (tertiary alicyclic amines) is 1. The van der Waals surface area contributed by atoms with Crippen LogP contribution in [0, 0.1) is 0 Å². The van der Waals surface area contributed by atoms with E-state index in [0.29, 0.717) is 13.0 Å². The normalized spacial score (nSPS) is 26.4. The van der Waals surface area contributed by atoms with Crippen LogP contribution in [0.2, 0.25) is 0 Å². The van der Waals surface area contributed by atoms with Crippen molar-refractivity contribution in [1.29, 1.82) is 0 Å². The van der Waals surface area contributed by atoms with E-state index in [9.17, 15) is 9.90 Å². The Labute approximate surface area is 67.0 Å². The van der Waals surface area contributed by atoms with E-state index in [1.807, 2.05) is 0 Å². The Morgan fingerprint density at radius 3 is 2.73 bits per heavy atom. The molecule has 1 amide bonds. The molecule has 0 N–H and O–H groups in total. The minimum Gasteiger partial charge on any atom is -0.343 e. The number of carbonyl (C=O) groups is 1. The van der Waals surface area contributed by atoms with Crippen molar-refractivity contribution in [3.8, 4) is 0 Å². The molecule has 1 aliphatic rings. The molecule has 3 nitrogen and oxygen atoms in total. The Morgan fingerprint density at radius 2 is 2.09 bits per heavy atom. The standard InChI is InChI=1S/C8H14NO2/c1-7(10)9-5-2-3-8(11)4-6-9/h8H,2-6H2,1H3. The molecular weight excluding hydrogens is 142 g/mol. The zero-order valence-electron chi connectivity index (χ0n) is 6.88. The second-order valence-electron chi connectivity index (χ2n) is 3.06. The van der Waals surface area contributed by atoms with Gasteiger partial charge in [-0.25, -0.2) is 5.11 Å². The van der Waals surface area contributed by atoms with Gasteiger partial charge in [0.25, 0.3) is 0 Å². The summed E-state index contributed by atoms with van der Waals surface area (Å²) in [4.78, 5) is 12.6. The first kappa shape index (κ1) is 8.53. The predicted molar refractivity (Wildman–Crippen MR) is 40.6 cm³/mol. The van der Waals surface area contributed by atoms with Crippen LogP contribution >= 0.6 is 0 Å². The molecule has 0 aromatic rings. The lowest BCUT2D eigenvalue weighted by atomic mass is 10.2. The number of hydrogen-bond acceptors (Lipinski definition) is 1. The number of carbonyl (C=O) groups excluding carboxylic acids is 1. The molecule has 1 saturated heterocycles. The Hall–Kier alpha value is -0.570. The van der Waals surface area contributed by atoms with E-state index < -0.39 is 6.10 Å². The van der Waals surface area contributed by atoms with E-state index in [1.54, 1.807) is 11.8 Å². The summed E-state index contributed by atoms with van der Waals surface area (Å²) in [5.41, 5.74) is 0. The van der Waals surface area contributed by atoms with Gasteiger partial charge < -0.3 is 4.90 Å². The first-order valence-corrected chi connectivity index (χ1v) is 4.11. The highest BCUT2D eigenvalue weighted by atomic mass is 16.3. The molecule has 63 valence electrons. The summed E-state index contributed by atoms with van der Waals surface area (Å²) in [7, 11) is 0. The predicted octanol–water partition coefficient (Wildman–Crippen LogP) is 0.818. The van der Waals surface area contributed by atoms with Crippen LogP contribution in [0.1, 0.15) is 26.2 Å². The largest absolute Gasteiger partial charge is 0.343 e. The maximum absolute atomic E-state index is 11.0. The van der Waals surface area contributed by atoms with Crippen LogP contribution < -0.4 is 0 Å². The monoisotopic (exact) mass is 156 g/mol. The van der Waals surface area contributed by atoms with Gasteiger partial charge in [-0.05, 0) is 19.3 Å². The molecule has 1 unspecified atom stereocenters. The third kappa shape index (κ3) is 2.50. The van der Waals surface area contributed by atoms with Crippen LogP contribution in [0.5, 0.6) is 0 Å². The van der Waals surface area contributed by atoms with E-state index in [0.717, 1.165) is 19.4 Å². The van der Waals surface area contributed by atoms with Crippen molar-refractivity contribution in [2.75, 3.05) is 13.1 Å². The van der Waals surface area contributed by atoms with Crippen molar-refractivity contribution in [1.82, 2.24) is 4.90 Å². The first-order valence-electron chi connectivity index (χ1n) is 4.11. The smallest absolute Gasteiger partial charge is 0.219 e. The van der Waals surface area contributed by atoms with Gasteiger partial charge in [-0.2, -0.15) is 0 Å². The fourth-order valence-electron chi connectivity index (χ4n) is 1.38. The first-order chi connectivity index (χ1) is 5.20. The fourth-order valence-corrected chi connectivity index (χ4v) is 1.38. The molecule has 0 bridgehead atoms. The summed E-state index contributed by atoms with van der Waals surface area (Å²) in [6.07, 6.45) is 1.77. The van der Waals surface area contributed by atoms with Gasteiger partial charge in [-0.3, -0.25) is 4.79 Å². The molecular formula is C8H14NO2. The van der Waals surface area contributed by atoms with Crippen molar-refractivity contribution in [3.63, 3.8) is 0 Å². The van der Waals surface area contributed by atoms with Gasteiger partial charge in [0.15, 0.2) is 0 Å². The van der Waals surface area contributed by atoms with E-state index in [4.69, 9.17) is 0 Å². The van der Waals surface area contributed by atoms with Gasteiger partial charge in [-0.15, -0.1) is 0 Å². The third-order valence-corrected chi connectivity index (χ3v) is 2.12. The highest BCUT2D eigenvalue weighted by Gasteiger charge is 2.16. The van der Waals surface area contributed by atoms with Crippen LogP contribution in [-0.2, 0) is 9.90 Å². The molecule has 0 saturated carbocycles. The van der Waals surface area contributed by atoms with Gasteiger partial charge in [0.05, 0.1) is 6.10 Å². The highest BCUT2D eigenvalue weighted by Crippen LogP contribution is 2.10. The van der Waals surface area contributed by atoms with Gasteiger partial charge in [-0.1, -0.05) is 0 Å². The Balaban J connectivity index is 2.40. The Morgan fingerprint density at radius 1 is 1.36 bits per heavy atom. The van der Waals surface area contributed by atoms with Crippen LogP contribution in [0.25, 0.3) is 0 Å². The van der Waals surface area contributed by atoms with Gasteiger partial charge >= 0.3 is 0 Å². The molecule has 0 aromatic carbocycles. The number of hydrogen-bond donors (Lipinski definition) is 0. The molecule has 0 aliphatic carbocycles. The second kappa shape index (κ2) is 3.72. The molecule has 0 aromatic heterocycles. The molecule has 1 heterocycles. The van der Waals surface area contributed by atoms with E-state index in [1.165, 1.54) is 0 Å². The van der Waals surface area contributed by atoms with Crippen LogP contribution in [0.3, 0.4) is 0 Å². The van der Waals surface area contributed by atoms with Crippen LogP contribution in [-0.4, -0.2) is 30.0 Å². The maximum atomic E-state index is 11.0. The van der Waals surface area contributed by atoms with E-state index in [-0.39, 0.29) is 5.91 Å². The summed E-state index contributed by atoms with van der Waals surface area (Å²) in [5.74, 6) is 0.0964. The zero-order valence-corrected chi connectivity index (χ0v) is 6.88. The van der Waals surface area contributed by atoms with Crippen LogP contribution in [0.15, 0.2) is 0 Å². The molecule has 1 atom stereocenters. The van der Waals surface area contributed by atoms with Gasteiger partial charge in [0, 0.05) is 20.0 Å². The van der Waals surface area contributed by atoms with Crippen molar-refractivity contribution < 1.29 is 9.90 Å². The molecule has 11 heavy (non-hydrogen) atoms. The number of nitrogens with zero attached hydrogens (tertiary/aromatic N) is 1. The number of rotatable bonds is 0. The lowest BCUT2D eigenvalue weighted by Crippen LogP contribution is -2.29. The summed E-state index contributed by atoms with van der Waals surface area (Å²) in [6.45, 7) is 2.99. The second-order valence-corrected chi connectivity index (χ2v) is 3.06. The average molecular weight is 156 g/mol. The maximum Gasteiger partial charge on any atom is 0.219 e. The summed E-state index contributed by atoms with van der Waals surface area (Å²) >= 11 is 0. The minimum atomic E-state index is -0.445. The molecule has 0 spiro atoms. The third-order valence-electron chi connectivity index (χ3n) is 2.12. The average Bonchev–Trinajstić information content (AvgIpc) is 2.13. The van der Waals surface area contributed by atoms with Crippen molar-refractivity contribution in [2.24, 2.45) is 0 Å². The molecule has 1 rings (SSSR count).